The van der Waals surface area contributed by atoms with Crippen LogP contribution in [0.4, 0.5) is 0 Å². The minimum Gasteiger partial charge on any atom is -0.366 e. The highest BCUT2D eigenvalue weighted by atomic mass is 16.1. The highest BCUT2D eigenvalue weighted by molar-refractivity contribution is 6.40. The molecule has 0 saturated carbocycles. The average Bonchev–Trinajstić information content (AvgIpc) is 2.95. The van der Waals surface area contributed by atoms with Crippen molar-refractivity contribution in [2.24, 2.45) is 0 Å². The molecule has 2 aromatic carbocycles. The fourth-order valence-electron chi connectivity index (χ4n) is 3.93. The molecule has 0 saturated heterocycles. The van der Waals surface area contributed by atoms with Gasteiger partial charge in [0.15, 0.2) is 5.78 Å². The fourth-order valence-corrected chi connectivity index (χ4v) is 3.93. The van der Waals surface area contributed by atoms with Gasteiger partial charge in [-0.15, -0.1) is 0 Å². The van der Waals surface area contributed by atoms with Crippen molar-refractivity contribution in [3.05, 3.63) is 70.3 Å². The Morgan fingerprint density at radius 2 is 1.88 bits per heavy atom. The minimum absolute atomic E-state index is 0.0962. The Hall–Kier alpha value is -2.90. The van der Waals surface area contributed by atoms with Crippen molar-refractivity contribution in [1.82, 2.24) is 9.80 Å². The average molecular weight is 343 g/mol. The molecule has 0 atom stereocenters. The molecule has 0 radical (unpaired) electrons. The van der Waals surface area contributed by atoms with E-state index < -0.39 is 0 Å². The highest BCUT2D eigenvalue weighted by Gasteiger charge is 2.37. The minimum atomic E-state index is 0.0962. The van der Waals surface area contributed by atoms with Crippen LogP contribution < -0.4 is 0 Å². The van der Waals surface area contributed by atoms with Gasteiger partial charge in [0.2, 0.25) is 0 Å². The number of benzene rings is 2. The van der Waals surface area contributed by atoms with Gasteiger partial charge in [0.25, 0.3) is 0 Å². The van der Waals surface area contributed by atoms with Gasteiger partial charge in [-0.25, -0.2) is 0 Å². The van der Waals surface area contributed by atoms with Gasteiger partial charge in [-0.3, -0.25) is 4.79 Å². The van der Waals surface area contributed by atoms with E-state index in [1.165, 1.54) is 0 Å². The number of fused-ring (bicyclic) bond motifs is 4. The molecule has 0 aromatic heterocycles. The summed E-state index contributed by atoms with van der Waals surface area (Å²) < 4.78 is 0. The Labute approximate surface area is 154 Å². The second-order valence-corrected chi connectivity index (χ2v) is 7.16. The van der Waals surface area contributed by atoms with Crippen LogP contribution in [0.25, 0.3) is 11.3 Å². The molecule has 0 bridgehead atoms. The molecule has 26 heavy (non-hydrogen) atoms. The van der Waals surface area contributed by atoms with Crippen LogP contribution in [0.2, 0.25) is 0 Å². The molecule has 130 valence electrons. The molecule has 1 aliphatic carbocycles. The lowest BCUT2D eigenvalue weighted by molar-refractivity contribution is 0.105. The van der Waals surface area contributed by atoms with Crippen LogP contribution in [0, 0.1) is 11.3 Å². The van der Waals surface area contributed by atoms with Crippen molar-refractivity contribution >= 4 is 17.1 Å². The van der Waals surface area contributed by atoms with E-state index in [-0.39, 0.29) is 5.78 Å². The molecule has 2 aromatic rings. The zero-order chi connectivity index (χ0) is 18.3. The zero-order valence-electron chi connectivity index (χ0n) is 15.1. The van der Waals surface area contributed by atoms with E-state index in [1.54, 1.807) is 6.07 Å². The summed E-state index contributed by atoms with van der Waals surface area (Å²) in [5.74, 6) is 0.0962. The quantitative estimate of drug-likeness (QED) is 0.854. The number of carbonyl (C=O) groups is 1. The number of ketones is 1. The summed E-state index contributed by atoms with van der Waals surface area (Å²) in [4.78, 5) is 17.6. The number of nitrogens with zero attached hydrogens (tertiary/aromatic N) is 3. The van der Waals surface area contributed by atoms with Crippen LogP contribution in [-0.4, -0.2) is 42.8 Å². The van der Waals surface area contributed by atoms with Crippen LogP contribution >= 0.6 is 0 Å². The summed E-state index contributed by atoms with van der Waals surface area (Å²) in [6.45, 7) is 2.62. The fraction of sp³-hybridized carbons (Fsp3) is 0.273. The van der Waals surface area contributed by atoms with Crippen LogP contribution in [-0.2, 0) is 6.54 Å². The molecule has 1 aliphatic heterocycles. The summed E-state index contributed by atoms with van der Waals surface area (Å²) >= 11 is 0. The Kier molecular flexibility index (Phi) is 4.10. The lowest BCUT2D eigenvalue weighted by atomic mass is 9.91. The summed E-state index contributed by atoms with van der Waals surface area (Å²) in [5, 5.41) is 9.24. The number of rotatable bonds is 4. The second-order valence-electron chi connectivity index (χ2n) is 7.16. The maximum Gasteiger partial charge on any atom is 0.196 e. The van der Waals surface area contributed by atoms with Gasteiger partial charge in [-0.2, -0.15) is 5.26 Å². The number of carbonyl (C=O) groups excluding carboxylic acids is 1. The van der Waals surface area contributed by atoms with E-state index in [1.807, 2.05) is 36.4 Å². The molecule has 4 heteroatoms. The van der Waals surface area contributed by atoms with Crippen LogP contribution in [0.5, 0.6) is 0 Å². The topological polar surface area (TPSA) is 47.3 Å². The zero-order valence-corrected chi connectivity index (χ0v) is 15.1. The van der Waals surface area contributed by atoms with Gasteiger partial charge in [0, 0.05) is 24.2 Å². The summed E-state index contributed by atoms with van der Waals surface area (Å²) in [5.41, 5.74) is 6.35. The molecule has 0 spiro atoms. The third-order valence-electron chi connectivity index (χ3n) is 5.11. The van der Waals surface area contributed by atoms with Crippen molar-refractivity contribution in [3.8, 4) is 6.07 Å². The Balaban J connectivity index is 1.82. The first-order valence-electron chi connectivity index (χ1n) is 8.91. The van der Waals surface area contributed by atoms with E-state index in [4.69, 9.17) is 0 Å². The molecule has 4 nitrogen and oxygen atoms in total. The number of nitriles is 1. The van der Waals surface area contributed by atoms with E-state index in [0.717, 1.165) is 59.6 Å². The van der Waals surface area contributed by atoms with Crippen LogP contribution in [0.1, 0.15) is 39.0 Å². The predicted octanol–water partition coefficient (Wildman–Crippen LogP) is 3.39. The maximum absolute atomic E-state index is 13.1. The Bertz CT molecular complexity index is 966. The van der Waals surface area contributed by atoms with Crippen molar-refractivity contribution in [1.29, 1.82) is 5.26 Å². The Morgan fingerprint density at radius 3 is 2.62 bits per heavy atom. The van der Waals surface area contributed by atoms with Gasteiger partial charge >= 0.3 is 0 Å². The second kappa shape index (κ2) is 6.44. The predicted molar refractivity (Wildman–Crippen MR) is 102 cm³/mol. The SMILES string of the molecule is CN(C)CCCN1Cc2cc(C#N)ccc2C2=C1c1ccccc1C2=O. The lowest BCUT2D eigenvalue weighted by Gasteiger charge is -2.33. The number of hydrogen-bond donors (Lipinski definition) is 0. The van der Waals surface area contributed by atoms with Gasteiger partial charge in [-0.1, -0.05) is 30.3 Å². The lowest BCUT2D eigenvalue weighted by Crippen LogP contribution is -2.29. The number of allylic oxidation sites excluding steroid dienone is 1. The van der Waals surface area contributed by atoms with Crippen molar-refractivity contribution in [3.63, 3.8) is 0 Å². The van der Waals surface area contributed by atoms with Gasteiger partial charge in [0.1, 0.15) is 0 Å². The maximum atomic E-state index is 13.1. The van der Waals surface area contributed by atoms with Crippen molar-refractivity contribution in [2.75, 3.05) is 27.2 Å². The first-order valence-corrected chi connectivity index (χ1v) is 8.91. The van der Waals surface area contributed by atoms with Crippen LogP contribution in [0.15, 0.2) is 42.5 Å². The highest BCUT2D eigenvalue weighted by Crippen LogP contribution is 2.45. The van der Waals surface area contributed by atoms with Gasteiger partial charge < -0.3 is 9.80 Å². The van der Waals surface area contributed by atoms with Gasteiger partial charge in [-0.05, 0) is 50.3 Å². The Morgan fingerprint density at radius 1 is 1.12 bits per heavy atom. The molecule has 0 unspecified atom stereocenters. The molecular weight excluding hydrogens is 322 g/mol. The van der Waals surface area contributed by atoms with Gasteiger partial charge in [0.05, 0.1) is 22.9 Å². The van der Waals surface area contributed by atoms with Crippen molar-refractivity contribution < 1.29 is 4.79 Å². The molecule has 1 heterocycles. The van der Waals surface area contributed by atoms with E-state index >= 15 is 0 Å². The summed E-state index contributed by atoms with van der Waals surface area (Å²) in [6.07, 6.45) is 1.02. The third-order valence-corrected chi connectivity index (χ3v) is 5.11. The monoisotopic (exact) mass is 343 g/mol. The third kappa shape index (κ3) is 2.61. The summed E-state index contributed by atoms with van der Waals surface area (Å²) in [7, 11) is 4.15. The number of Topliss-reactive ketones (excluding diaryl/α,β-unsaturated/α-hetero) is 1. The van der Waals surface area contributed by atoms with E-state index in [9.17, 15) is 10.1 Å². The molecule has 2 aliphatic rings. The molecule has 0 amide bonds. The first-order chi connectivity index (χ1) is 12.6. The van der Waals surface area contributed by atoms with E-state index in [0.29, 0.717) is 5.56 Å². The largest absolute Gasteiger partial charge is 0.366 e. The smallest absolute Gasteiger partial charge is 0.196 e. The van der Waals surface area contributed by atoms with Crippen LogP contribution in [0.3, 0.4) is 0 Å². The molecule has 0 N–H and O–H groups in total. The first kappa shape index (κ1) is 16.6. The number of hydrogen-bond acceptors (Lipinski definition) is 4. The van der Waals surface area contributed by atoms with Crippen molar-refractivity contribution in [2.45, 2.75) is 13.0 Å². The molecular formula is C22H21N3O. The van der Waals surface area contributed by atoms with E-state index in [2.05, 4.69) is 30.0 Å². The molecule has 4 rings (SSSR count). The normalized spacial score (nSPS) is 15.0. The standard InChI is InChI=1S/C22H21N3O/c1-24(2)10-5-11-25-14-16-12-15(13-23)8-9-17(16)20-21(25)18-6-3-4-7-19(18)22(20)26/h3-4,6-9,12H,5,10-11,14H2,1-2H3. The summed E-state index contributed by atoms with van der Waals surface area (Å²) in [6, 6.07) is 15.8. The molecule has 0 fully saturated rings.